The van der Waals surface area contributed by atoms with Gasteiger partial charge in [-0.3, -0.25) is 4.79 Å². The first-order chi connectivity index (χ1) is 14.8. The fourth-order valence-corrected chi connectivity index (χ4v) is 3.73. The van der Waals surface area contributed by atoms with Gasteiger partial charge in [-0.25, -0.2) is 0 Å². The van der Waals surface area contributed by atoms with Crippen LogP contribution < -0.4 is 14.2 Å². The van der Waals surface area contributed by atoms with Gasteiger partial charge in [0.05, 0.1) is 19.6 Å². The number of hydrogen-bond acceptors (Lipinski definition) is 9. The molecule has 2 heterocycles. The summed E-state index contributed by atoms with van der Waals surface area (Å²) < 4.78 is 22.1. The number of ether oxygens (including phenoxy) is 4. The zero-order chi connectivity index (χ0) is 22.3. The fraction of sp³-hybridized carbons (Fsp3) is 0.409. The summed E-state index contributed by atoms with van der Waals surface area (Å²) >= 11 is 0. The normalized spacial score (nSPS) is 30.3. The Morgan fingerprint density at radius 3 is 2.39 bits per heavy atom. The highest BCUT2D eigenvalue weighted by molar-refractivity contribution is 6.02. The van der Waals surface area contributed by atoms with Gasteiger partial charge in [-0.1, -0.05) is 12.1 Å². The van der Waals surface area contributed by atoms with Crippen LogP contribution in [0.4, 0.5) is 0 Å². The standard InChI is InChI=1S/C22H24O9/c1-10-19(25)20(26)21(27)22(29-10)30-13-7-14(23)18-15(24)9-16(31-17(18)8-13)11-3-5-12(28-2)6-4-11/h3-8,10,16,19-23,25-27H,9H2,1-2H3/t10-,16+,19-,20+,21+,22+/m1/s1. The number of fused-ring (bicyclic) bond motifs is 1. The van der Waals surface area contributed by atoms with Gasteiger partial charge in [0.1, 0.15) is 53.0 Å². The summed E-state index contributed by atoms with van der Waals surface area (Å²) in [5.74, 6) is 0.259. The van der Waals surface area contributed by atoms with Crippen LogP contribution in [-0.2, 0) is 4.74 Å². The summed E-state index contributed by atoms with van der Waals surface area (Å²) in [5, 5.41) is 40.3. The van der Waals surface area contributed by atoms with Gasteiger partial charge in [0.15, 0.2) is 5.78 Å². The van der Waals surface area contributed by atoms with Crippen molar-refractivity contribution in [3.63, 3.8) is 0 Å². The van der Waals surface area contributed by atoms with E-state index in [9.17, 15) is 25.2 Å². The molecule has 4 rings (SSSR count). The minimum absolute atomic E-state index is 0.0473. The Labute approximate surface area is 178 Å². The van der Waals surface area contributed by atoms with E-state index in [0.29, 0.717) is 5.75 Å². The van der Waals surface area contributed by atoms with Crippen molar-refractivity contribution in [3.05, 3.63) is 47.5 Å². The van der Waals surface area contributed by atoms with Crippen molar-refractivity contribution in [3.8, 4) is 23.0 Å². The predicted molar refractivity (Wildman–Crippen MR) is 106 cm³/mol. The van der Waals surface area contributed by atoms with Crippen LogP contribution in [-0.4, -0.2) is 64.0 Å². The van der Waals surface area contributed by atoms with Crippen molar-refractivity contribution in [2.45, 2.75) is 50.2 Å². The second-order valence-electron chi connectivity index (χ2n) is 7.62. The number of aliphatic hydroxyl groups excluding tert-OH is 3. The third-order valence-electron chi connectivity index (χ3n) is 5.52. The van der Waals surface area contributed by atoms with Crippen LogP contribution in [0.5, 0.6) is 23.0 Å². The van der Waals surface area contributed by atoms with Crippen molar-refractivity contribution in [1.82, 2.24) is 0 Å². The monoisotopic (exact) mass is 432 g/mol. The van der Waals surface area contributed by atoms with Gasteiger partial charge in [-0.2, -0.15) is 0 Å². The summed E-state index contributed by atoms with van der Waals surface area (Å²) in [5.41, 5.74) is 0.814. The van der Waals surface area contributed by atoms with Gasteiger partial charge in [0.25, 0.3) is 0 Å². The number of phenols is 1. The van der Waals surface area contributed by atoms with Crippen molar-refractivity contribution in [1.29, 1.82) is 0 Å². The maximum atomic E-state index is 12.7. The molecule has 4 N–H and O–H groups in total. The average Bonchev–Trinajstić information content (AvgIpc) is 2.75. The molecule has 2 aromatic carbocycles. The molecule has 0 saturated carbocycles. The molecule has 2 aliphatic heterocycles. The number of phenolic OH excluding ortho intramolecular Hbond substituents is 1. The van der Waals surface area contributed by atoms with Crippen LogP contribution in [0.25, 0.3) is 0 Å². The quantitative estimate of drug-likeness (QED) is 0.564. The lowest BCUT2D eigenvalue weighted by atomic mass is 9.95. The van der Waals surface area contributed by atoms with E-state index in [-0.39, 0.29) is 35.0 Å². The number of methoxy groups -OCH3 is 1. The summed E-state index contributed by atoms with van der Waals surface area (Å²) in [6, 6.07) is 9.74. The van der Waals surface area contributed by atoms with Crippen molar-refractivity contribution < 1.29 is 44.2 Å². The second kappa shape index (κ2) is 8.35. The Hall–Kier alpha value is -2.85. The molecule has 31 heavy (non-hydrogen) atoms. The van der Waals surface area contributed by atoms with E-state index in [0.717, 1.165) is 5.56 Å². The van der Waals surface area contributed by atoms with Gasteiger partial charge >= 0.3 is 0 Å². The smallest absolute Gasteiger partial charge is 0.229 e. The van der Waals surface area contributed by atoms with E-state index in [1.165, 1.54) is 19.1 Å². The SMILES string of the molecule is COc1ccc([C@@H]2CC(=O)c3c(O)cc(O[C@@H]4O[C@H](C)[C@@H](O)[C@H](O)[C@@H]4O)cc3O2)cc1. The van der Waals surface area contributed by atoms with Crippen LogP contribution in [0.1, 0.15) is 35.4 Å². The van der Waals surface area contributed by atoms with E-state index in [2.05, 4.69) is 0 Å². The first kappa shape index (κ1) is 21.4. The lowest BCUT2D eigenvalue weighted by Crippen LogP contribution is -2.58. The molecule has 0 bridgehead atoms. The molecule has 9 heteroatoms. The Kier molecular flexibility index (Phi) is 5.76. The molecule has 2 aromatic rings. The van der Waals surface area contributed by atoms with Crippen molar-refractivity contribution >= 4 is 5.78 Å². The third-order valence-corrected chi connectivity index (χ3v) is 5.52. The molecule has 1 fully saturated rings. The summed E-state index contributed by atoms with van der Waals surface area (Å²) in [4.78, 5) is 12.7. The lowest BCUT2D eigenvalue weighted by Gasteiger charge is -2.39. The maximum Gasteiger partial charge on any atom is 0.229 e. The molecule has 0 aromatic heterocycles. The highest BCUT2D eigenvalue weighted by Gasteiger charge is 2.43. The summed E-state index contributed by atoms with van der Waals surface area (Å²) in [6.07, 6.45) is -6.82. The Bertz CT molecular complexity index is 958. The van der Waals surface area contributed by atoms with Crippen LogP contribution in [0.3, 0.4) is 0 Å². The Morgan fingerprint density at radius 2 is 1.71 bits per heavy atom. The molecule has 9 nitrogen and oxygen atoms in total. The number of rotatable bonds is 4. The molecule has 2 aliphatic rings. The minimum atomic E-state index is -1.51. The van der Waals surface area contributed by atoms with Crippen molar-refractivity contribution in [2.24, 2.45) is 0 Å². The molecule has 166 valence electrons. The topological polar surface area (TPSA) is 135 Å². The molecular weight excluding hydrogens is 408 g/mol. The number of ketones is 1. The molecule has 0 aliphatic carbocycles. The van der Waals surface area contributed by atoms with Gasteiger partial charge in [-0.15, -0.1) is 0 Å². The predicted octanol–water partition coefficient (Wildman–Crippen LogP) is 1.31. The van der Waals surface area contributed by atoms with Crippen LogP contribution in [0.15, 0.2) is 36.4 Å². The lowest BCUT2D eigenvalue weighted by molar-refractivity contribution is -0.268. The van der Waals surface area contributed by atoms with Crippen LogP contribution in [0, 0.1) is 0 Å². The van der Waals surface area contributed by atoms with E-state index >= 15 is 0 Å². The molecule has 0 spiro atoms. The largest absolute Gasteiger partial charge is 0.507 e. The van der Waals surface area contributed by atoms with Gasteiger partial charge in [-0.05, 0) is 24.6 Å². The first-order valence-corrected chi connectivity index (χ1v) is 9.85. The van der Waals surface area contributed by atoms with Crippen molar-refractivity contribution in [2.75, 3.05) is 7.11 Å². The number of hydrogen-bond donors (Lipinski definition) is 4. The third kappa shape index (κ3) is 4.05. The highest BCUT2D eigenvalue weighted by atomic mass is 16.7. The van der Waals surface area contributed by atoms with E-state index in [1.54, 1.807) is 31.4 Å². The van der Waals surface area contributed by atoms with E-state index in [1.807, 2.05) is 0 Å². The Balaban J connectivity index is 1.58. The molecule has 0 unspecified atom stereocenters. The number of carbonyl (C=O) groups is 1. The maximum absolute atomic E-state index is 12.7. The van der Waals surface area contributed by atoms with Gasteiger partial charge in [0.2, 0.25) is 6.29 Å². The molecular formula is C22H24O9. The van der Waals surface area contributed by atoms with E-state index < -0.39 is 36.8 Å². The van der Waals surface area contributed by atoms with Crippen LogP contribution >= 0.6 is 0 Å². The highest BCUT2D eigenvalue weighted by Crippen LogP contribution is 2.42. The van der Waals surface area contributed by atoms with E-state index in [4.69, 9.17) is 18.9 Å². The average molecular weight is 432 g/mol. The zero-order valence-electron chi connectivity index (χ0n) is 17.0. The first-order valence-electron chi connectivity index (χ1n) is 9.85. The summed E-state index contributed by atoms with van der Waals surface area (Å²) in [6.45, 7) is 1.53. The molecule has 6 atom stereocenters. The minimum Gasteiger partial charge on any atom is -0.507 e. The molecule has 1 saturated heterocycles. The zero-order valence-corrected chi connectivity index (χ0v) is 17.0. The number of aromatic hydroxyl groups is 1. The molecule has 0 radical (unpaired) electrons. The molecule has 0 amide bonds. The second-order valence-corrected chi connectivity index (χ2v) is 7.62. The van der Waals surface area contributed by atoms with Gasteiger partial charge in [0, 0.05) is 12.1 Å². The fourth-order valence-electron chi connectivity index (χ4n) is 3.73. The van der Waals surface area contributed by atoms with Gasteiger partial charge < -0.3 is 39.4 Å². The number of benzene rings is 2. The number of aliphatic hydroxyl groups is 3. The van der Waals surface area contributed by atoms with Crippen LogP contribution in [0.2, 0.25) is 0 Å². The number of carbonyl (C=O) groups excluding carboxylic acids is 1. The summed E-state index contributed by atoms with van der Waals surface area (Å²) in [7, 11) is 1.56. The Morgan fingerprint density at radius 1 is 1.00 bits per heavy atom. The number of Topliss-reactive ketones (excluding diaryl/α,β-unsaturated/α-hetero) is 1.